The van der Waals surface area contributed by atoms with Gasteiger partial charge in [0.05, 0.1) is 85.1 Å². The summed E-state index contributed by atoms with van der Waals surface area (Å²) in [6.07, 6.45) is 7.92. The average molecular weight is 943 g/mol. The maximum Gasteiger partial charge on any atom is 0.416 e. The molecule has 2 aliphatic rings. The van der Waals surface area contributed by atoms with Crippen LogP contribution in [0.1, 0.15) is 92.3 Å². The van der Waals surface area contributed by atoms with Gasteiger partial charge in [0, 0.05) is 51.7 Å². The Hall–Kier alpha value is -6.65. The fourth-order valence-electron chi connectivity index (χ4n) is 9.49. The largest absolute Gasteiger partial charge is 0.496 e. The molecule has 0 saturated heterocycles. The van der Waals surface area contributed by atoms with Crippen molar-refractivity contribution >= 4 is 44.3 Å². The van der Waals surface area contributed by atoms with E-state index in [1.54, 1.807) is 62.7 Å². The van der Waals surface area contributed by atoms with Gasteiger partial charge in [0.25, 0.3) is 0 Å². The minimum atomic E-state index is -4.48. The number of fused-ring (bicyclic) bond motifs is 2. The first kappa shape index (κ1) is 44.2. The van der Waals surface area contributed by atoms with Crippen molar-refractivity contribution < 1.29 is 27.4 Å². The second-order valence-corrected chi connectivity index (χ2v) is 19.1. The number of aryl methyl sites for hydroxylation is 5. The number of alkyl halides is 3. The summed E-state index contributed by atoms with van der Waals surface area (Å²) in [4.78, 5) is 22.2. The monoisotopic (exact) mass is 942 g/mol. The lowest BCUT2D eigenvalue weighted by Crippen LogP contribution is -2.36. The first-order valence-electron chi connectivity index (χ1n) is 22.2. The number of hydrogen-bond donors (Lipinski definition) is 0. The van der Waals surface area contributed by atoms with E-state index in [-0.39, 0.29) is 17.4 Å². The van der Waals surface area contributed by atoms with Crippen molar-refractivity contribution in [1.29, 1.82) is 0 Å². The van der Waals surface area contributed by atoms with Gasteiger partial charge in [-0.2, -0.15) is 13.2 Å². The van der Waals surface area contributed by atoms with Crippen LogP contribution in [-0.4, -0.2) is 50.4 Å². The van der Waals surface area contributed by atoms with Crippen molar-refractivity contribution in [2.75, 3.05) is 31.3 Å². The summed E-state index contributed by atoms with van der Waals surface area (Å²) in [5, 5.41) is 5.48. The van der Waals surface area contributed by atoms with Crippen molar-refractivity contribution in [3.63, 3.8) is 0 Å². The number of benzene rings is 4. The van der Waals surface area contributed by atoms with Crippen LogP contribution in [0.15, 0.2) is 104 Å². The van der Waals surface area contributed by atoms with Crippen molar-refractivity contribution in [2.24, 2.45) is 0 Å². The maximum atomic E-state index is 14.4. The molecule has 344 valence electrons. The molecule has 8 aromatic rings. The molecule has 4 aromatic carbocycles. The van der Waals surface area contributed by atoms with Crippen molar-refractivity contribution in [1.82, 2.24) is 29.1 Å². The third-order valence-corrected chi connectivity index (χ3v) is 14.9. The van der Waals surface area contributed by atoms with E-state index < -0.39 is 11.7 Å². The van der Waals surface area contributed by atoms with E-state index in [0.717, 1.165) is 93.8 Å². The third kappa shape index (κ3) is 8.30. The second kappa shape index (κ2) is 17.9. The van der Waals surface area contributed by atoms with Crippen LogP contribution in [0.5, 0.6) is 17.2 Å². The molecule has 0 spiro atoms. The van der Waals surface area contributed by atoms with Crippen molar-refractivity contribution in [3.8, 4) is 28.6 Å². The summed E-state index contributed by atoms with van der Waals surface area (Å²) in [5.74, 6) is 1.69. The molecule has 0 N–H and O–H groups in total. The van der Waals surface area contributed by atoms with Crippen LogP contribution in [0, 0.1) is 20.8 Å². The van der Waals surface area contributed by atoms with E-state index in [4.69, 9.17) is 24.2 Å². The zero-order valence-corrected chi connectivity index (χ0v) is 39.6. The lowest BCUT2D eigenvalue weighted by molar-refractivity contribution is -0.138. The number of nitrogens with zero attached hydrogens (tertiary/aromatic N) is 8. The van der Waals surface area contributed by atoms with Gasteiger partial charge in [0.1, 0.15) is 17.2 Å². The van der Waals surface area contributed by atoms with Gasteiger partial charge >= 0.3 is 6.18 Å². The number of thiazole rings is 2. The van der Waals surface area contributed by atoms with E-state index in [0.29, 0.717) is 33.7 Å². The number of ether oxygens (including phenoxy) is 3. The van der Waals surface area contributed by atoms with Crippen LogP contribution in [0.4, 0.5) is 34.8 Å². The van der Waals surface area contributed by atoms with E-state index >= 15 is 0 Å². The highest BCUT2D eigenvalue weighted by atomic mass is 32.1. The summed E-state index contributed by atoms with van der Waals surface area (Å²) in [6, 6.07) is 24.9. The van der Waals surface area contributed by atoms with Crippen LogP contribution in [-0.2, 0) is 19.0 Å². The normalized spacial score (nSPS) is 15.8. The summed E-state index contributed by atoms with van der Waals surface area (Å²) >= 11 is 3.18. The van der Waals surface area contributed by atoms with Crippen LogP contribution < -0.4 is 24.2 Å². The molecule has 0 radical (unpaired) electrons. The van der Waals surface area contributed by atoms with Gasteiger partial charge in [0.15, 0.2) is 0 Å². The Balaban J connectivity index is 1.20. The molecule has 16 heteroatoms. The fraction of sp³-hybridized carbons (Fsp3) is 0.294. The number of para-hydroxylation sites is 1. The Bertz CT molecular complexity index is 3100. The third-order valence-electron chi connectivity index (χ3n) is 12.7. The molecular formula is C51H49F3N8O3S2. The quantitative estimate of drug-likeness (QED) is 0.111. The number of aromatic nitrogens is 6. The van der Waals surface area contributed by atoms with Crippen LogP contribution in [0.25, 0.3) is 11.4 Å². The predicted molar refractivity (Wildman–Crippen MR) is 257 cm³/mol. The topological polar surface area (TPSA) is 95.6 Å². The molecule has 0 fully saturated rings. The zero-order chi connectivity index (χ0) is 46.6. The van der Waals surface area contributed by atoms with E-state index in [9.17, 15) is 13.2 Å². The molecule has 2 aliphatic carbocycles. The van der Waals surface area contributed by atoms with Gasteiger partial charge in [-0.1, -0.05) is 53.0 Å². The molecule has 0 aliphatic heterocycles. The summed E-state index contributed by atoms with van der Waals surface area (Å²) in [5.41, 5.74) is 7.83. The molecule has 0 saturated carbocycles. The predicted octanol–water partition coefficient (Wildman–Crippen LogP) is 12.8. The average Bonchev–Trinajstić information content (AvgIpc) is 4.17. The minimum Gasteiger partial charge on any atom is -0.496 e. The van der Waals surface area contributed by atoms with E-state index in [2.05, 4.69) is 26.1 Å². The highest BCUT2D eigenvalue weighted by Gasteiger charge is 2.37. The van der Waals surface area contributed by atoms with Crippen LogP contribution >= 0.6 is 22.7 Å². The molecule has 11 nitrogen and oxygen atoms in total. The van der Waals surface area contributed by atoms with Crippen LogP contribution in [0.3, 0.4) is 0 Å². The highest BCUT2D eigenvalue weighted by molar-refractivity contribution is 7.16. The lowest BCUT2D eigenvalue weighted by atomic mass is 9.84. The zero-order valence-electron chi connectivity index (χ0n) is 38.0. The standard InChI is InChI=1S/C51H49F3N8O3S2/c1-30-17-18-33(23-39(30)51(52,53)54)36-12-9-15-45-47(36)57-49(66-45)61(34-19-21-40(43(24-34)64-5)59-26-31(2)55-28-59)62(35-20-22-41(44(25-35)65-6)60-27-32(3)56-29-60)50-58-48-38(13-10-16-46(48)67-50)37-11-7-8-14-42(37)63-4/h7-8,11,14,17-29,36,38H,9-10,12-13,15-16H2,1-6H3. The summed E-state index contributed by atoms with van der Waals surface area (Å²) in [7, 11) is 5.00. The van der Waals surface area contributed by atoms with Gasteiger partial charge in [-0.25, -0.2) is 30.0 Å². The summed E-state index contributed by atoms with van der Waals surface area (Å²) in [6.45, 7) is 5.39. The van der Waals surface area contributed by atoms with Gasteiger partial charge < -0.3 is 23.3 Å². The fourth-order valence-corrected chi connectivity index (χ4v) is 11.8. The number of hydrazine groups is 1. The molecule has 2 atom stereocenters. The molecule has 10 rings (SSSR count). The number of rotatable bonds is 12. The number of imidazole rings is 2. The first-order valence-corrected chi connectivity index (χ1v) is 23.8. The second-order valence-electron chi connectivity index (χ2n) is 17.0. The minimum absolute atomic E-state index is 0.00337. The Morgan fingerprint density at radius 1 is 0.627 bits per heavy atom. The number of hydrogen-bond acceptors (Lipinski definition) is 11. The molecule has 0 amide bonds. The lowest BCUT2D eigenvalue weighted by Gasteiger charge is -2.35. The maximum absolute atomic E-state index is 14.4. The van der Waals surface area contributed by atoms with Gasteiger partial charge in [0.2, 0.25) is 10.3 Å². The SMILES string of the molecule is COc1ccccc1C1CCCc2sc(N(c3ccc(-n4cnc(C)c4)c(OC)c3)N(c3ccc(-n4cnc(C)c4)c(OC)c3)c3nc4c(s3)CCCC4c3ccc(C)c(C(F)(F)F)c3)nc21. The van der Waals surface area contributed by atoms with Crippen molar-refractivity contribution in [2.45, 2.75) is 77.3 Å². The van der Waals surface area contributed by atoms with E-state index in [1.807, 2.05) is 96.0 Å². The molecule has 0 bridgehead atoms. The molecule has 67 heavy (non-hydrogen) atoms. The Morgan fingerprint density at radius 2 is 1.15 bits per heavy atom. The van der Waals surface area contributed by atoms with Gasteiger partial charge in [-0.05, 0) is 107 Å². The van der Waals surface area contributed by atoms with Gasteiger partial charge in [-0.3, -0.25) is 0 Å². The van der Waals surface area contributed by atoms with Gasteiger partial charge in [-0.15, -0.1) is 0 Å². The highest BCUT2D eigenvalue weighted by Crippen LogP contribution is 2.50. The Morgan fingerprint density at radius 3 is 1.66 bits per heavy atom. The first-order chi connectivity index (χ1) is 32.4. The van der Waals surface area contributed by atoms with E-state index in [1.165, 1.54) is 17.9 Å². The smallest absolute Gasteiger partial charge is 0.416 e. The number of halogens is 3. The van der Waals surface area contributed by atoms with Crippen molar-refractivity contribution in [3.05, 3.63) is 159 Å². The molecule has 4 aromatic heterocycles. The number of methoxy groups -OCH3 is 3. The number of anilines is 4. The molecule has 2 unspecified atom stereocenters. The molecular weight excluding hydrogens is 894 g/mol. The summed E-state index contributed by atoms with van der Waals surface area (Å²) < 4.78 is 65.1. The van der Waals surface area contributed by atoms with Crippen LogP contribution in [0.2, 0.25) is 0 Å². The Kier molecular flexibility index (Phi) is 11.8. The molecule has 4 heterocycles. The Labute approximate surface area is 395 Å².